The van der Waals surface area contributed by atoms with E-state index in [9.17, 15) is 22.8 Å². The average molecular weight is 478 g/mol. The second-order valence-corrected chi connectivity index (χ2v) is 7.88. The van der Waals surface area contributed by atoms with Gasteiger partial charge in [0.25, 0.3) is 0 Å². The van der Waals surface area contributed by atoms with Gasteiger partial charge < -0.3 is 15.5 Å². The second-order valence-electron chi connectivity index (χ2n) is 7.50. The van der Waals surface area contributed by atoms with Gasteiger partial charge in [-0.1, -0.05) is 17.7 Å². The Labute approximate surface area is 192 Å². The minimum Gasteiger partial charge on any atom is -0.353 e. The number of nitrogens with one attached hydrogen (secondary N) is 2. The first kappa shape index (κ1) is 22.7. The number of carbonyl (C=O) groups is 2. The molecule has 2 aromatic carbocycles. The number of urea groups is 1. The van der Waals surface area contributed by atoms with Gasteiger partial charge in [-0.25, -0.2) is 22.6 Å². The normalized spacial score (nSPS) is 16.9. The quantitative estimate of drug-likeness (QED) is 0.564. The van der Waals surface area contributed by atoms with Gasteiger partial charge in [0.2, 0.25) is 5.91 Å². The highest BCUT2D eigenvalue weighted by Gasteiger charge is 2.32. The van der Waals surface area contributed by atoms with Crippen molar-refractivity contribution in [3.05, 3.63) is 82.4 Å². The third-order valence-corrected chi connectivity index (χ3v) is 5.78. The summed E-state index contributed by atoms with van der Waals surface area (Å²) in [5.41, 5.74) is 0.817. The molecule has 1 aliphatic rings. The molecule has 1 aromatic heterocycles. The summed E-state index contributed by atoms with van der Waals surface area (Å²) in [6, 6.07) is 5.27. The minimum atomic E-state index is -1.10. The summed E-state index contributed by atoms with van der Waals surface area (Å²) < 4.78 is 43.4. The molecule has 2 N–H and O–H groups in total. The van der Waals surface area contributed by atoms with Crippen molar-refractivity contribution < 1.29 is 22.8 Å². The summed E-state index contributed by atoms with van der Waals surface area (Å²) >= 11 is 5.78. The van der Waals surface area contributed by atoms with Gasteiger partial charge in [0, 0.05) is 30.4 Å². The van der Waals surface area contributed by atoms with E-state index in [4.69, 9.17) is 11.6 Å². The SMILES string of the molecule is C[C@@H]1C(=O)NCCN1C(=O)N[C@H](c1cnn(-c2ccc(F)cc2)c1)c1ccc(F)c(Cl)c1F. The van der Waals surface area contributed by atoms with Gasteiger partial charge in [0.05, 0.1) is 17.9 Å². The van der Waals surface area contributed by atoms with Crippen molar-refractivity contribution >= 4 is 23.5 Å². The Morgan fingerprint density at radius 1 is 1.21 bits per heavy atom. The van der Waals surface area contributed by atoms with E-state index in [1.165, 1.54) is 52.3 Å². The number of benzene rings is 2. The van der Waals surface area contributed by atoms with Crippen LogP contribution in [0.4, 0.5) is 18.0 Å². The van der Waals surface area contributed by atoms with Crippen LogP contribution in [-0.2, 0) is 4.79 Å². The zero-order valence-corrected chi connectivity index (χ0v) is 18.1. The summed E-state index contributed by atoms with van der Waals surface area (Å²) in [7, 11) is 0. The molecular formula is C22H19ClF3N5O2. The average Bonchev–Trinajstić information content (AvgIpc) is 3.28. The Kier molecular flexibility index (Phi) is 6.28. The number of piperazine rings is 1. The van der Waals surface area contributed by atoms with Crippen LogP contribution in [0.15, 0.2) is 48.8 Å². The number of rotatable bonds is 4. The lowest BCUT2D eigenvalue weighted by atomic mass is 10.0. The zero-order chi connectivity index (χ0) is 23.7. The topological polar surface area (TPSA) is 79.3 Å². The standard InChI is InChI=1S/C22H19ClF3N5O2/c1-12-21(32)27-8-9-30(12)22(33)29-20(16-6-7-17(25)18(23)19(16)26)13-10-28-31(11-13)15-4-2-14(24)3-5-15/h2-7,10-12,20H,8-9H2,1H3,(H,27,32)(H,29,33)/t12-,20-/m1/s1. The largest absolute Gasteiger partial charge is 0.353 e. The fourth-order valence-corrected chi connectivity index (χ4v) is 3.76. The molecule has 172 valence electrons. The Morgan fingerprint density at radius 2 is 1.94 bits per heavy atom. The molecule has 0 saturated carbocycles. The molecular weight excluding hydrogens is 459 g/mol. The van der Waals surface area contributed by atoms with Gasteiger partial charge in [-0.05, 0) is 37.3 Å². The molecule has 4 rings (SSSR count). The van der Waals surface area contributed by atoms with Crippen molar-refractivity contribution in [2.45, 2.75) is 19.0 Å². The Morgan fingerprint density at radius 3 is 2.67 bits per heavy atom. The summed E-state index contributed by atoms with van der Waals surface area (Å²) in [5, 5.41) is 8.88. The minimum absolute atomic E-state index is 0.0810. The predicted octanol–water partition coefficient (Wildman–Crippen LogP) is 3.56. The number of carbonyl (C=O) groups excluding carboxylic acids is 2. The highest BCUT2D eigenvalue weighted by atomic mass is 35.5. The van der Waals surface area contributed by atoms with E-state index in [0.29, 0.717) is 11.3 Å². The Balaban J connectivity index is 1.71. The maximum absolute atomic E-state index is 14.9. The van der Waals surface area contributed by atoms with E-state index in [-0.39, 0.29) is 24.6 Å². The van der Waals surface area contributed by atoms with Crippen LogP contribution >= 0.6 is 11.6 Å². The fraction of sp³-hybridized carbons (Fsp3) is 0.227. The molecule has 7 nitrogen and oxygen atoms in total. The van der Waals surface area contributed by atoms with Gasteiger partial charge >= 0.3 is 6.03 Å². The molecule has 11 heteroatoms. The van der Waals surface area contributed by atoms with Crippen LogP contribution < -0.4 is 10.6 Å². The van der Waals surface area contributed by atoms with Crippen molar-refractivity contribution in [3.8, 4) is 5.69 Å². The first-order valence-electron chi connectivity index (χ1n) is 10.0. The van der Waals surface area contributed by atoms with E-state index in [1.807, 2.05) is 0 Å². The molecule has 0 unspecified atom stereocenters. The van der Waals surface area contributed by atoms with Gasteiger partial charge in [-0.15, -0.1) is 0 Å². The molecule has 2 atom stereocenters. The number of aromatic nitrogens is 2. The van der Waals surface area contributed by atoms with Crippen molar-refractivity contribution in [2.24, 2.45) is 0 Å². The van der Waals surface area contributed by atoms with Crippen molar-refractivity contribution in [1.82, 2.24) is 25.3 Å². The van der Waals surface area contributed by atoms with E-state index in [2.05, 4.69) is 15.7 Å². The number of halogens is 4. The molecule has 1 aliphatic heterocycles. The number of hydrogen-bond donors (Lipinski definition) is 2. The number of nitrogens with zero attached hydrogens (tertiary/aromatic N) is 3. The van der Waals surface area contributed by atoms with Crippen molar-refractivity contribution in [3.63, 3.8) is 0 Å². The Bertz CT molecular complexity index is 1200. The highest BCUT2D eigenvalue weighted by Crippen LogP contribution is 2.30. The van der Waals surface area contributed by atoms with Crippen LogP contribution in [0, 0.1) is 17.5 Å². The summed E-state index contributed by atoms with van der Waals surface area (Å²) in [5.74, 6) is -2.70. The molecule has 0 bridgehead atoms. The van der Waals surface area contributed by atoms with Crippen LogP contribution in [0.25, 0.3) is 5.69 Å². The molecule has 2 heterocycles. The fourth-order valence-electron chi connectivity index (χ4n) is 3.59. The van der Waals surface area contributed by atoms with Gasteiger partial charge in [-0.2, -0.15) is 5.10 Å². The molecule has 1 fully saturated rings. The van der Waals surface area contributed by atoms with Crippen LogP contribution in [0.2, 0.25) is 5.02 Å². The molecule has 3 aromatic rings. The second kappa shape index (κ2) is 9.14. The number of hydrogen-bond acceptors (Lipinski definition) is 3. The monoisotopic (exact) mass is 477 g/mol. The third kappa shape index (κ3) is 4.51. The van der Waals surface area contributed by atoms with Crippen LogP contribution in [-0.4, -0.2) is 45.8 Å². The maximum atomic E-state index is 14.9. The number of amides is 3. The summed E-state index contributed by atoms with van der Waals surface area (Å²) in [4.78, 5) is 26.3. The molecule has 3 amide bonds. The summed E-state index contributed by atoms with van der Waals surface area (Å²) in [6.07, 6.45) is 2.93. The van der Waals surface area contributed by atoms with E-state index in [0.717, 1.165) is 6.07 Å². The van der Waals surface area contributed by atoms with Gasteiger partial charge in [0.15, 0.2) is 0 Å². The molecule has 0 aliphatic carbocycles. The van der Waals surface area contributed by atoms with Crippen molar-refractivity contribution in [1.29, 1.82) is 0 Å². The lowest BCUT2D eigenvalue weighted by molar-refractivity contribution is -0.126. The smallest absolute Gasteiger partial charge is 0.318 e. The van der Waals surface area contributed by atoms with Gasteiger partial charge in [0.1, 0.15) is 28.5 Å². The lowest BCUT2D eigenvalue weighted by Crippen LogP contribution is -2.58. The Hall–Kier alpha value is -3.53. The lowest BCUT2D eigenvalue weighted by Gasteiger charge is -2.34. The van der Waals surface area contributed by atoms with E-state index >= 15 is 0 Å². The third-order valence-electron chi connectivity index (χ3n) is 5.43. The first-order chi connectivity index (χ1) is 15.8. The molecule has 0 radical (unpaired) electrons. The highest BCUT2D eigenvalue weighted by molar-refractivity contribution is 6.31. The maximum Gasteiger partial charge on any atom is 0.318 e. The van der Waals surface area contributed by atoms with E-state index < -0.39 is 40.6 Å². The summed E-state index contributed by atoms with van der Waals surface area (Å²) in [6.45, 7) is 2.11. The molecule has 0 spiro atoms. The van der Waals surface area contributed by atoms with Crippen LogP contribution in [0.5, 0.6) is 0 Å². The van der Waals surface area contributed by atoms with Crippen molar-refractivity contribution in [2.75, 3.05) is 13.1 Å². The zero-order valence-electron chi connectivity index (χ0n) is 17.4. The van der Waals surface area contributed by atoms with Crippen LogP contribution in [0.3, 0.4) is 0 Å². The van der Waals surface area contributed by atoms with Crippen LogP contribution in [0.1, 0.15) is 24.1 Å². The molecule has 33 heavy (non-hydrogen) atoms. The first-order valence-corrected chi connectivity index (χ1v) is 10.4. The van der Waals surface area contributed by atoms with Gasteiger partial charge in [-0.3, -0.25) is 4.79 Å². The molecule has 1 saturated heterocycles. The van der Waals surface area contributed by atoms with E-state index in [1.54, 1.807) is 6.92 Å². The predicted molar refractivity (Wildman–Crippen MR) is 114 cm³/mol.